The minimum atomic E-state index is -4.83. The van der Waals surface area contributed by atoms with Gasteiger partial charge in [-0.05, 0) is 47.9 Å². The molecule has 0 radical (unpaired) electrons. The first-order valence-electron chi connectivity index (χ1n) is 13.1. The summed E-state index contributed by atoms with van der Waals surface area (Å²) in [5.41, 5.74) is 5.97. The molecule has 0 aliphatic carbocycles. The third-order valence-corrected chi connectivity index (χ3v) is 8.05. The summed E-state index contributed by atoms with van der Waals surface area (Å²) in [7, 11) is 0. The number of piperidine rings is 1. The standard InChI is InChI=1S/C28H27ClF3N5O5/c29-17-6-7-18(19(12-17)16-4-2-1-3-5-16)23(28(30,31)32)42-22-13-21(34-25(33)35-22)36-10-8-27(9-11-36)14-20(24(38)39)37(15-27)26(40)41/h1-7,12-13,20,23H,8-11,14-15H2,(H,38,39)(H,40,41)(H2,33,34,35)/t20-,23?/m0/s1. The summed E-state index contributed by atoms with van der Waals surface area (Å²) in [6, 6.07) is 12.7. The lowest BCUT2D eigenvalue weighted by Crippen LogP contribution is -2.43. The molecule has 42 heavy (non-hydrogen) atoms. The molecule has 222 valence electrons. The van der Waals surface area contributed by atoms with Crippen molar-refractivity contribution in [2.75, 3.05) is 30.3 Å². The van der Waals surface area contributed by atoms with E-state index >= 15 is 0 Å². The number of carboxylic acid groups (broad SMARTS) is 2. The molecule has 2 aliphatic rings. The van der Waals surface area contributed by atoms with Crippen molar-refractivity contribution in [1.29, 1.82) is 0 Å². The molecule has 3 heterocycles. The first-order chi connectivity index (χ1) is 19.8. The van der Waals surface area contributed by atoms with Gasteiger partial charge in [-0.15, -0.1) is 0 Å². The van der Waals surface area contributed by atoms with Crippen LogP contribution in [0, 0.1) is 5.41 Å². The third-order valence-electron chi connectivity index (χ3n) is 7.81. The Morgan fingerprint density at radius 2 is 1.76 bits per heavy atom. The van der Waals surface area contributed by atoms with Crippen molar-refractivity contribution in [3.63, 3.8) is 0 Å². The summed E-state index contributed by atoms with van der Waals surface area (Å²) < 4.78 is 48.9. The van der Waals surface area contributed by atoms with Gasteiger partial charge >= 0.3 is 18.2 Å². The molecule has 0 saturated carbocycles. The number of halogens is 4. The van der Waals surface area contributed by atoms with E-state index in [2.05, 4.69) is 9.97 Å². The summed E-state index contributed by atoms with van der Waals surface area (Å²) in [4.78, 5) is 34.1. The molecule has 1 aromatic heterocycles. The smallest absolute Gasteiger partial charge is 0.429 e. The van der Waals surface area contributed by atoms with Crippen LogP contribution in [0.4, 0.5) is 29.7 Å². The highest BCUT2D eigenvalue weighted by Crippen LogP contribution is 2.45. The molecular formula is C28H27ClF3N5O5. The fourth-order valence-corrected chi connectivity index (χ4v) is 5.93. The van der Waals surface area contributed by atoms with Crippen LogP contribution in [0.1, 0.15) is 30.9 Å². The van der Waals surface area contributed by atoms with E-state index in [4.69, 9.17) is 22.1 Å². The van der Waals surface area contributed by atoms with E-state index in [-0.39, 0.29) is 46.8 Å². The Hall–Kier alpha value is -4.26. The second-order valence-corrected chi connectivity index (χ2v) is 11.0. The van der Waals surface area contributed by atoms with Crippen LogP contribution in [0.3, 0.4) is 0 Å². The number of likely N-dealkylation sites (tertiary alicyclic amines) is 1. The van der Waals surface area contributed by atoms with Crippen LogP contribution >= 0.6 is 11.6 Å². The largest absolute Gasteiger partial charge is 0.480 e. The number of aliphatic carboxylic acids is 1. The quantitative estimate of drug-likeness (QED) is 0.333. The minimum absolute atomic E-state index is 0.0888. The van der Waals surface area contributed by atoms with E-state index in [1.807, 2.05) is 0 Å². The second kappa shape index (κ2) is 11.2. The monoisotopic (exact) mass is 605 g/mol. The van der Waals surface area contributed by atoms with Gasteiger partial charge in [0.25, 0.3) is 0 Å². The molecule has 1 spiro atoms. The summed E-state index contributed by atoms with van der Waals surface area (Å²) in [6.07, 6.45) is -7.42. The minimum Gasteiger partial charge on any atom is -0.480 e. The molecule has 2 fully saturated rings. The predicted octanol–water partition coefficient (Wildman–Crippen LogP) is 5.49. The van der Waals surface area contributed by atoms with E-state index in [9.17, 15) is 33.0 Å². The Balaban J connectivity index is 1.39. The van der Waals surface area contributed by atoms with Gasteiger partial charge in [-0.1, -0.05) is 48.0 Å². The molecule has 14 heteroatoms. The lowest BCUT2D eigenvalue weighted by molar-refractivity contribution is -0.198. The molecule has 10 nitrogen and oxygen atoms in total. The maximum atomic E-state index is 14.5. The molecule has 4 N–H and O–H groups in total. The maximum absolute atomic E-state index is 14.5. The van der Waals surface area contributed by atoms with Crippen LogP contribution in [-0.4, -0.2) is 69.0 Å². The van der Waals surface area contributed by atoms with Crippen LogP contribution in [0.15, 0.2) is 54.6 Å². The Labute approximate surface area is 243 Å². The molecule has 1 unspecified atom stereocenters. The number of rotatable bonds is 6. The highest BCUT2D eigenvalue weighted by Gasteiger charge is 2.50. The molecule has 0 bridgehead atoms. The average molecular weight is 606 g/mol. The van der Waals surface area contributed by atoms with Gasteiger partial charge in [0.2, 0.25) is 17.9 Å². The van der Waals surface area contributed by atoms with Crippen LogP contribution in [0.25, 0.3) is 11.1 Å². The first kappa shape index (κ1) is 29.2. The molecule has 3 aromatic rings. The van der Waals surface area contributed by atoms with E-state index < -0.39 is 35.8 Å². The summed E-state index contributed by atoms with van der Waals surface area (Å²) in [6.45, 7) is 0.799. The zero-order valence-corrected chi connectivity index (χ0v) is 22.8. The number of hydrogen-bond donors (Lipinski definition) is 3. The zero-order valence-electron chi connectivity index (χ0n) is 22.1. The summed E-state index contributed by atoms with van der Waals surface area (Å²) in [5, 5.41) is 19.2. The van der Waals surface area contributed by atoms with Crippen molar-refractivity contribution in [3.05, 3.63) is 65.2 Å². The number of nitrogen functional groups attached to an aromatic ring is 1. The third kappa shape index (κ3) is 6.01. The Kier molecular flexibility index (Phi) is 7.80. The fourth-order valence-electron chi connectivity index (χ4n) is 5.76. The van der Waals surface area contributed by atoms with Gasteiger partial charge < -0.3 is 25.6 Å². The highest BCUT2D eigenvalue weighted by molar-refractivity contribution is 6.30. The number of aromatic nitrogens is 2. The van der Waals surface area contributed by atoms with Crippen LogP contribution in [-0.2, 0) is 4.79 Å². The molecule has 1 amide bonds. The van der Waals surface area contributed by atoms with Gasteiger partial charge in [0.15, 0.2) is 0 Å². The molecule has 2 saturated heterocycles. The van der Waals surface area contributed by atoms with Crippen molar-refractivity contribution in [2.45, 2.75) is 37.6 Å². The van der Waals surface area contributed by atoms with Gasteiger partial charge in [0.1, 0.15) is 11.9 Å². The van der Waals surface area contributed by atoms with Crippen LogP contribution in [0.2, 0.25) is 5.02 Å². The second-order valence-electron chi connectivity index (χ2n) is 10.5. The zero-order chi connectivity index (χ0) is 30.2. The number of ether oxygens (including phenoxy) is 1. The van der Waals surface area contributed by atoms with Gasteiger partial charge in [-0.3, -0.25) is 4.90 Å². The lowest BCUT2D eigenvalue weighted by Gasteiger charge is -2.39. The maximum Gasteiger partial charge on any atom is 0.429 e. The number of carbonyl (C=O) groups is 2. The predicted molar refractivity (Wildman–Crippen MR) is 147 cm³/mol. The summed E-state index contributed by atoms with van der Waals surface area (Å²) in [5.74, 6) is -1.61. The Bertz CT molecular complexity index is 1460. The van der Waals surface area contributed by atoms with Crippen molar-refractivity contribution in [1.82, 2.24) is 14.9 Å². The number of hydrogen-bond acceptors (Lipinski definition) is 7. The number of anilines is 2. The molecular weight excluding hydrogens is 579 g/mol. The number of benzene rings is 2. The Morgan fingerprint density at radius 3 is 2.36 bits per heavy atom. The first-order valence-corrected chi connectivity index (χ1v) is 13.4. The fraction of sp³-hybridized carbons (Fsp3) is 0.357. The van der Waals surface area contributed by atoms with E-state index in [0.29, 0.717) is 31.5 Å². The van der Waals surface area contributed by atoms with E-state index in [1.165, 1.54) is 24.3 Å². The van der Waals surface area contributed by atoms with Crippen molar-refractivity contribution < 1.29 is 37.7 Å². The van der Waals surface area contributed by atoms with Gasteiger partial charge in [-0.25, -0.2) is 9.59 Å². The summed E-state index contributed by atoms with van der Waals surface area (Å²) >= 11 is 6.14. The average Bonchev–Trinajstić information content (AvgIpc) is 3.32. The van der Waals surface area contributed by atoms with Gasteiger partial charge in [-0.2, -0.15) is 23.1 Å². The Morgan fingerprint density at radius 1 is 1.07 bits per heavy atom. The highest BCUT2D eigenvalue weighted by atomic mass is 35.5. The van der Waals surface area contributed by atoms with Gasteiger partial charge in [0.05, 0.1) is 0 Å². The van der Waals surface area contributed by atoms with Crippen molar-refractivity contribution in [3.8, 4) is 17.0 Å². The molecule has 2 aromatic carbocycles. The lowest BCUT2D eigenvalue weighted by atomic mass is 9.76. The normalized spacial score (nSPS) is 19.1. The number of alkyl halides is 3. The topological polar surface area (TPSA) is 142 Å². The van der Waals surface area contributed by atoms with E-state index in [0.717, 1.165) is 4.90 Å². The SMILES string of the molecule is Nc1nc(OC(c2ccc(Cl)cc2-c2ccccc2)C(F)(F)F)cc(N2CCC3(CC2)C[C@@H](C(=O)O)N(C(=O)O)C3)n1. The molecule has 5 rings (SSSR count). The number of nitrogens with zero attached hydrogens (tertiary/aromatic N) is 4. The molecule has 2 atom stereocenters. The number of carboxylic acids is 1. The van der Waals surface area contributed by atoms with Crippen molar-refractivity contribution in [2.24, 2.45) is 5.41 Å². The van der Waals surface area contributed by atoms with E-state index in [1.54, 1.807) is 35.2 Å². The van der Waals surface area contributed by atoms with Crippen LogP contribution < -0.4 is 15.4 Å². The van der Waals surface area contributed by atoms with Crippen LogP contribution in [0.5, 0.6) is 5.88 Å². The van der Waals surface area contributed by atoms with Gasteiger partial charge in [0, 0.05) is 36.3 Å². The number of amides is 1. The van der Waals surface area contributed by atoms with Crippen molar-refractivity contribution >= 4 is 35.4 Å². The number of nitrogens with two attached hydrogens (primary N) is 1. The molecule has 2 aliphatic heterocycles.